The van der Waals surface area contributed by atoms with E-state index in [-0.39, 0.29) is 5.82 Å². The van der Waals surface area contributed by atoms with Crippen LogP contribution in [0, 0.1) is 5.82 Å². The Kier molecular flexibility index (Phi) is 3.85. The van der Waals surface area contributed by atoms with Crippen molar-refractivity contribution in [2.24, 2.45) is 0 Å². The van der Waals surface area contributed by atoms with Gasteiger partial charge >= 0.3 is 0 Å². The second-order valence-electron chi connectivity index (χ2n) is 5.95. The Morgan fingerprint density at radius 1 is 1.16 bits per heavy atom. The molecule has 0 spiro atoms. The zero-order valence-corrected chi connectivity index (χ0v) is 11.4. The van der Waals surface area contributed by atoms with Crippen LogP contribution in [0.2, 0.25) is 0 Å². The van der Waals surface area contributed by atoms with Gasteiger partial charge in [0.25, 0.3) is 0 Å². The fraction of sp³-hybridized carbons (Fsp3) is 0.625. The molecule has 0 radical (unpaired) electrons. The largest absolute Gasteiger partial charge is 0.381 e. The number of halogens is 1. The fourth-order valence-corrected chi connectivity index (χ4v) is 3.43. The molecular weight excluding hydrogens is 241 g/mol. The molecular formula is C16H22FNO. The van der Waals surface area contributed by atoms with Crippen molar-refractivity contribution in [3.05, 3.63) is 35.6 Å². The van der Waals surface area contributed by atoms with Crippen LogP contribution in [-0.4, -0.2) is 25.3 Å². The van der Waals surface area contributed by atoms with Gasteiger partial charge in [0, 0.05) is 19.2 Å². The molecule has 3 rings (SSSR count). The van der Waals surface area contributed by atoms with Crippen molar-refractivity contribution in [3.8, 4) is 0 Å². The van der Waals surface area contributed by atoms with E-state index in [1.165, 1.54) is 18.9 Å². The summed E-state index contributed by atoms with van der Waals surface area (Å²) >= 11 is 0. The number of ether oxygens (including phenoxy) is 1. The number of hydrogen-bond acceptors (Lipinski definition) is 2. The van der Waals surface area contributed by atoms with Crippen LogP contribution >= 0.6 is 0 Å². The molecule has 0 aromatic heterocycles. The molecule has 1 N–H and O–H groups in total. The molecule has 2 aliphatic rings. The standard InChI is InChI=1S/C16H22FNO/c1-19-16-6-5-14(10-16)18-15-8-12(9-15)11-3-2-4-13(17)7-11/h2-4,7,12,14-16,18H,5-6,8-10H2,1H3. The highest BCUT2D eigenvalue weighted by molar-refractivity contribution is 5.23. The van der Waals surface area contributed by atoms with Gasteiger partial charge in [-0.1, -0.05) is 12.1 Å². The van der Waals surface area contributed by atoms with Crippen LogP contribution in [0.25, 0.3) is 0 Å². The van der Waals surface area contributed by atoms with E-state index >= 15 is 0 Å². The van der Waals surface area contributed by atoms with Gasteiger partial charge in [0.1, 0.15) is 5.82 Å². The molecule has 0 heterocycles. The van der Waals surface area contributed by atoms with Crippen molar-refractivity contribution in [2.45, 2.75) is 56.2 Å². The van der Waals surface area contributed by atoms with Gasteiger partial charge in [0.2, 0.25) is 0 Å². The summed E-state index contributed by atoms with van der Waals surface area (Å²) in [6.45, 7) is 0. The summed E-state index contributed by atoms with van der Waals surface area (Å²) in [4.78, 5) is 0. The number of rotatable bonds is 4. The lowest BCUT2D eigenvalue weighted by Gasteiger charge is -2.38. The van der Waals surface area contributed by atoms with Crippen LogP contribution in [0.4, 0.5) is 4.39 Å². The average Bonchev–Trinajstić information content (AvgIpc) is 2.81. The first-order chi connectivity index (χ1) is 9.24. The average molecular weight is 263 g/mol. The number of benzene rings is 1. The van der Waals surface area contributed by atoms with E-state index < -0.39 is 0 Å². The Morgan fingerprint density at radius 2 is 2.00 bits per heavy atom. The first-order valence-corrected chi connectivity index (χ1v) is 7.29. The smallest absolute Gasteiger partial charge is 0.123 e. The van der Waals surface area contributed by atoms with E-state index in [2.05, 4.69) is 5.32 Å². The Bertz CT molecular complexity index is 431. The van der Waals surface area contributed by atoms with Gasteiger partial charge < -0.3 is 10.1 Å². The molecule has 104 valence electrons. The minimum Gasteiger partial charge on any atom is -0.381 e. The molecule has 2 aliphatic carbocycles. The Balaban J connectivity index is 1.46. The summed E-state index contributed by atoms with van der Waals surface area (Å²) in [7, 11) is 1.80. The quantitative estimate of drug-likeness (QED) is 0.900. The van der Waals surface area contributed by atoms with Crippen LogP contribution in [-0.2, 0) is 4.74 Å². The highest BCUT2D eigenvalue weighted by Crippen LogP contribution is 2.38. The topological polar surface area (TPSA) is 21.3 Å². The first kappa shape index (κ1) is 13.1. The predicted molar refractivity (Wildman–Crippen MR) is 73.7 cm³/mol. The highest BCUT2D eigenvalue weighted by Gasteiger charge is 2.34. The van der Waals surface area contributed by atoms with Crippen molar-refractivity contribution in [1.29, 1.82) is 0 Å². The van der Waals surface area contributed by atoms with Crippen LogP contribution in [0.15, 0.2) is 24.3 Å². The Labute approximate surface area is 114 Å². The molecule has 0 aliphatic heterocycles. The first-order valence-electron chi connectivity index (χ1n) is 7.29. The van der Waals surface area contributed by atoms with E-state index in [0.717, 1.165) is 24.8 Å². The SMILES string of the molecule is COC1CCC(NC2CC(c3cccc(F)c3)C2)C1. The maximum Gasteiger partial charge on any atom is 0.123 e. The van der Waals surface area contributed by atoms with Crippen LogP contribution in [0.3, 0.4) is 0 Å². The third-order valence-electron chi connectivity index (χ3n) is 4.65. The van der Waals surface area contributed by atoms with E-state index in [4.69, 9.17) is 4.74 Å². The molecule has 19 heavy (non-hydrogen) atoms. The van der Waals surface area contributed by atoms with Gasteiger partial charge in [-0.3, -0.25) is 0 Å². The Hall–Kier alpha value is -0.930. The molecule has 1 aromatic carbocycles. The second-order valence-corrected chi connectivity index (χ2v) is 5.95. The normalized spacial score (nSPS) is 34.2. The molecule has 1 aromatic rings. The lowest BCUT2D eigenvalue weighted by molar-refractivity contribution is 0.105. The van der Waals surface area contributed by atoms with E-state index in [1.807, 2.05) is 12.1 Å². The summed E-state index contributed by atoms with van der Waals surface area (Å²) in [5, 5.41) is 3.72. The van der Waals surface area contributed by atoms with Crippen LogP contribution in [0.5, 0.6) is 0 Å². The van der Waals surface area contributed by atoms with Gasteiger partial charge in [-0.15, -0.1) is 0 Å². The Morgan fingerprint density at radius 3 is 2.68 bits per heavy atom. The minimum absolute atomic E-state index is 0.118. The summed E-state index contributed by atoms with van der Waals surface area (Å²) in [5.41, 5.74) is 1.15. The predicted octanol–water partition coefficient (Wildman–Crippen LogP) is 3.23. The van der Waals surface area contributed by atoms with Gasteiger partial charge in [-0.2, -0.15) is 0 Å². The number of nitrogens with one attached hydrogen (secondary N) is 1. The third kappa shape index (κ3) is 2.98. The molecule has 2 nitrogen and oxygen atoms in total. The molecule has 2 saturated carbocycles. The van der Waals surface area contributed by atoms with Crippen molar-refractivity contribution in [3.63, 3.8) is 0 Å². The van der Waals surface area contributed by atoms with Crippen LogP contribution in [0.1, 0.15) is 43.6 Å². The van der Waals surface area contributed by atoms with Gasteiger partial charge in [0.05, 0.1) is 6.10 Å². The van der Waals surface area contributed by atoms with Gasteiger partial charge in [0.15, 0.2) is 0 Å². The molecule has 0 saturated heterocycles. The molecule has 2 unspecified atom stereocenters. The van der Waals surface area contributed by atoms with E-state index in [0.29, 0.717) is 24.1 Å². The second kappa shape index (κ2) is 5.59. The monoisotopic (exact) mass is 263 g/mol. The fourth-order valence-electron chi connectivity index (χ4n) is 3.43. The third-order valence-corrected chi connectivity index (χ3v) is 4.65. The molecule has 2 atom stereocenters. The summed E-state index contributed by atoms with van der Waals surface area (Å²) in [6.07, 6.45) is 6.25. The van der Waals surface area contributed by atoms with Crippen LogP contribution < -0.4 is 5.32 Å². The summed E-state index contributed by atoms with van der Waals surface area (Å²) < 4.78 is 18.6. The van der Waals surface area contributed by atoms with E-state index in [9.17, 15) is 4.39 Å². The number of hydrogen-bond donors (Lipinski definition) is 1. The molecule has 2 fully saturated rings. The maximum absolute atomic E-state index is 13.2. The summed E-state index contributed by atoms with van der Waals surface area (Å²) in [5.74, 6) is 0.417. The lowest BCUT2D eigenvalue weighted by Crippen LogP contribution is -2.44. The van der Waals surface area contributed by atoms with Gasteiger partial charge in [-0.25, -0.2) is 4.39 Å². The van der Waals surface area contributed by atoms with Crippen molar-refractivity contribution < 1.29 is 9.13 Å². The zero-order valence-electron chi connectivity index (χ0n) is 11.4. The highest BCUT2D eigenvalue weighted by atomic mass is 19.1. The zero-order chi connectivity index (χ0) is 13.2. The molecule has 3 heteroatoms. The minimum atomic E-state index is -0.118. The van der Waals surface area contributed by atoms with Crippen molar-refractivity contribution in [2.75, 3.05) is 7.11 Å². The molecule has 0 amide bonds. The number of methoxy groups -OCH3 is 1. The van der Waals surface area contributed by atoms with Crippen molar-refractivity contribution in [1.82, 2.24) is 5.32 Å². The van der Waals surface area contributed by atoms with Gasteiger partial charge in [-0.05, 0) is 55.7 Å². The van der Waals surface area contributed by atoms with E-state index in [1.54, 1.807) is 13.2 Å². The lowest BCUT2D eigenvalue weighted by atomic mass is 9.75. The maximum atomic E-state index is 13.2. The molecule has 0 bridgehead atoms. The van der Waals surface area contributed by atoms with Crippen molar-refractivity contribution >= 4 is 0 Å². The summed E-state index contributed by atoms with van der Waals surface area (Å²) in [6, 6.07) is 8.27.